The summed E-state index contributed by atoms with van der Waals surface area (Å²) in [6.45, 7) is 3.33. The van der Waals surface area contributed by atoms with Crippen molar-refractivity contribution in [2.24, 2.45) is 0 Å². The van der Waals surface area contributed by atoms with Gasteiger partial charge in [0.15, 0.2) is 0 Å². The molecule has 1 fully saturated rings. The Labute approximate surface area is 179 Å². The summed E-state index contributed by atoms with van der Waals surface area (Å²) in [6, 6.07) is 13.7. The van der Waals surface area contributed by atoms with Gasteiger partial charge in [-0.3, -0.25) is 9.69 Å². The van der Waals surface area contributed by atoms with Gasteiger partial charge in [0.05, 0.1) is 6.54 Å². The first-order valence-corrected chi connectivity index (χ1v) is 10.3. The lowest BCUT2D eigenvalue weighted by Crippen LogP contribution is -2.48. The summed E-state index contributed by atoms with van der Waals surface area (Å²) >= 11 is 5.91. The summed E-state index contributed by atoms with van der Waals surface area (Å²) in [5.74, 6) is 0.911. The van der Waals surface area contributed by atoms with Gasteiger partial charge in [-0.15, -0.1) is 0 Å². The molecule has 6 nitrogen and oxygen atoms in total. The van der Waals surface area contributed by atoms with Crippen molar-refractivity contribution in [2.45, 2.75) is 19.4 Å². The van der Waals surface area contributed by atoms with Gasteiger partial charge in [-0.2, -0.15) is 4.98 Å². The third-order valence-corrected chi connectivity index (χ3v) is 5.42. The zero-order valence-corrected chi connectivity index (χ0v) is 17.2. The van der Waals surface area contributed by atoms with Gasteiger partial charge in [0.1, 0.15) is 5.82 Å². The molecule has 0 N–H and O–H groups in total. The van der Waals surface area contributed by atoms with Gasteiger partial charge in [-0.05, 0) is 48.4 Å². The molecule has 1 aliphatic rings. The number of hydrogen-bond acceptors (Lipinski definition) is 5. The number of amides is 1. The highest BCUT2D eigenvalue weighted by molar-refractivity contribution is 6.30. The summed E-state index contributed by atoms with van der Waals surface area (Å²) in [4.78, 5) is 21.0. The van der Waals surface area contributed by atoms with Crippen molar-refractivity contribution in [3.63, 3.8) is 0 Å². The molecule has 0 bridgehead atoms. The zero-order valence-electron chi connectivity index (χ0n) is 16.4. The summed E-state index contributed by atoms with van der Waals surface area (Å²) in [5, 5.41) is 4.70. The molecule has 0 spiro atoms. The molecule has 0 saturated carbocycles. The third-order valence-electron chi connectivity index (χ3n) is 5.17. The lowest BCUT2D eigenvalue weighted by molar-refractivity contribution is -0.133. The molecule has 3 aromatic rings. The predicted octanol–water partition coefficient (Wildman–Crippen LogP) is 3.81. The van der Waals surface area contributed by atoms with E-state index in [-0.39, 0.29) is 11.7 Å². The van der Waals surface area contributed by atoms with Crippen LogP contribution in [0.4, 0.5) is 4.39 Å². The molecule has 0 atom stereocenters. The fourth-order valence-corrected chi connectivity index (χ4v) is 3.61. The van der Waals surface area contributed by atoms with Crippen LogP contribution in [0.5, 0.6) is 0 Å². The van der Waals surface area contributed by atoms with Gasteiger partial charge >= 0.3 is 0 Å². The van der Waals surface area contributed by atoms with Crippen LogP contribution < -0.4 is 0 Å². The zero-order chi connectivity index (χ0) is 20.9. The van der Waals surface area contributed by atoms with Crippen LogP contribution >= 0.6 is 11.6 Å². The van der Waals surface area contributed by atoms with Crippen LogP contribution in [0.3, 0.4) is 0 Å². The number of halogens is 2. The van der Waals surface area contributed by atoms with E-state index >= 15 is 0 Å². The lowest BCUT2D eigenvalue weighted by atomic mass is 10.1. The number of aryl methyl sites for hydroxylation is 1. The Morgan fingerprint density at radius 3 is 2.60 bits per heavy atom. The Bertz CT molecular complexity index is 1000. The average Bonchev–Trinajstić information content (AvgIpc) is 3.21. The van der Waals surface area contributed by atoms with Gasteiger partial charge in [0, 0.05) is 43.2 Å². The second-order valence-electron chi connectivity index (χ2n) is 7.31. The molecule has 1 amide bonds. The minimum atomic E-state index is -0.270. The van der Waals surface area contributed by atoms with E-state index in [4.69, 9.17) is 16.1 Å². The van der Waals surface area contributed by atoms with Crippen LogP contribution in [-0.4, -0.2) is 52.0 Å². The number of rotatable bonds is 6. The minimum absolute atomic E-state index is 0.0988. The summed E-state index contributed by atoms with van der Waals surface area (Å²) < 4.78 is 18.6. The third kappa shape index (κ3) is 5.23. The molecular weight excluding hydrogens is 407 g/mol. The highest BCUT2D eigenvalue weighted by atomic mass is 35.5. The second kappa shape index (κ2) is 9.36. The first-order valence-electron chi connectivity index (χ1n) is 9.90. The highest BCUT2D eigenvalue weighted by Gasteiger charge is 2.22. The Hall–Kier alpha value is -2.77. The van der Waals surface area contributed by atoms with Crippen molar-refractivity contribution < 1.29 is 13.7 Å². The molecule has 1 aliphatic heterocycles. The fraction of sp³-hybridized carbons (Fsp3) is 0.318. The molecule has 1 aromatic heterocycles. The molecule has 1 saturated heterocycles. The predicted molar refractivity (Wildman–Crippen MR) is 111 cm³/mol. The number of piperazine rings is 1. The molecule has 0 radical (unpaired) electrons. The van der Waals surface area contributed by atoms with Gasteiger partial charge in [-0.25, -0.2) is 4.39 Å². The summed E-state index contributed by atoms with van der Waals surface area (Å²) in [5.41, 5.74) is 1.69. The SMILES string of the molecule is O=C(CCc1cccc(F)c1)N1CCN(Cc2nc(-c3ccc(Cl)cc3)no2)CC1. The lowest BCUT2D eigenvalue weighted by Gasteiger charge is -2.34. The molecule has 2 heterocycles. The number of hydrogen-bond donors (Lipinski definition) is 0. The standard InChI is InChI=1S/C22H22ClFN4O2/c23-18-7-5-17(6-8-18)22-25-20(30-26-22)15-27-10-12-28(13-11-27)21(29)9-4-16-2-1-3-19(24)14-16/h1-3,5-8,14H,4,9-13,15H2. The second-order valence-corrected chi connectivity index (χ2v) is 7.74. The van der Waals surface area contributed by atoms with Gasteiger partial charge in [-0.1, -0.05) is 28.9 Å². The van der Waals surface area contributed by atoms with Crippen molar-refractivity contribution in [3.05, 3.63) is 70.8 Å². The van der Waals surface area contributed by atoms with Crippen molar-refractivity contribution >= 4 is 17.5 Å². The van der Waals surface area contributed by atoms with E-state index in [0.717, 1.165) is 24.2 Å². The van der Waals surface area contributed by atoms with Crippen molar-refractivity contribution in [1.29, 1.82) is 0 Å². The topological polar surface area (TPSA) is 62.5 Å². The van der Waals surface area contributed by atoms with Crippen LogP contribution in [0.1, 0.15) is 17.9 Å². The van der Waals surface area contributed by atoms with Gasteiger partial charge in [0.25, 0.3) is 0 Å². The van der Waals surface area contributed by atoms with E-state index in [1.165, 1.54) is 12.1 Å². The molecule has 0 unspecified atom stereocenters. The van der Waals surface area contributed by atoms with Crippen molar-refractivity contribution in [1.82, 2.24) is 19.9 Å². The minimum Gasteiger partial charge on any atom is -0.340 e. The number of aromatic nitrogens is 2. The van der Waals surface area contributed by atoms with E-state index < -0.39 is 0 Å². The maximum absolute atomic E-state index is 13.3. The van der Waals surface area contributed by atoms with Crippen molar-refractivity contribution in [3.8, 4) is 11.4 Å². The molecule has 8 heteroatoms. The van der Waals surface area contributed by atoms with Gasteiger partial charge < -0.3 is 9.42 Å². The molecule has 30 heavy (non-hydrogen) atoms. The molecule has 156 valence electrons. The maximum atomic E-state index is 13.3. The average molecular weight is 429 g/mol. The van der Waals surface area contributed by atoms with Crippen LogP contribution in [0.15, 0.2) is 53.1 Å². The monoisotopic (exact) mass is 428 g/mol. The summed E-state index contributed by atoms with van der Waals surface area (Å²) in [7, 11) is 0. The van der Waals surface area contributed by atoms with Crippen LogP contribution in [0, 0.1) is 5.82 Å². The van der Waals surface area contributed by atoms with E-state index in [1.54, 1.807) is 18.2 Å². The number of benzene rings is 2. The Morgan fingerprint density at radius 2 is 1.87 bits per heavy atom. The molecular formula is C22H22ClFN4O2. The van der Waals surface area contributed by atoms with Crippen LogP contribution in [0.2, 0.25) is 5.02 Å². The van der Waals surface area contributed by atoms with E-state index in [2.05, 4.69) is 15.0 Å². The normalized spacial score (nSPS) is 14.8. The van der Waals surface area contributed by atoms with Gasteiger partial charge in [0.2, 0.25) is 17.6 Å². The molecule has 0 aliphatic carbocycles. The molecule has 2 aromatic carbocycles. The highest BCUT2D eigenvalue weighted by Crippen LogP contribution is 2.19. The maximum Gasteiger partial charge on any atom is 0.241 e. The van der Waals surface area contributed by atoms with E-state index in [9.17, 15) is 9.18 Å². The first kappa shape index (κ1) is 20.5. The van der Waals surface area contributed by atoms with E-state index in [1.807, 2.05) is 23.1 Å². The first-order chi connectivity index (χ1) is 14.6. The summed E-state index contributed by atoms with van der Waals surface area (Å²) in [6.07, 6.45) is 0.934. The van der Waals surface area contributed by atoms with Crippen LogP contribution in [0.25, 0.3) is 11.4 Å². The smallest absolute Gasteiger partial charge is 0.241 e. The Balaban J connectivity index is 1.24. The number of carbonyl (C=O) groups is 1. The Kier molecular flexibility index (Phi) is 6.40. The molecule has 4 rings (SSSR count). The largest absolute Gasteiger partial charge is 0.340 e. The van der Waals surface area contributed by atoms with Crippen LogP contribution in [-0.2, 0) is 17.8 Å². The fourth-order valence-electron chi connectivity index (χ4n) is 3.48. The quantitative estimate of drug-likeness (QED) is 0.597. The number of carbonyl (C=O) groups excluding carboxylic acids is 1. The number of nitrogens with zero attached hydrogens (tertiary/aromatic N) is 4. The van der Waals surface area contributed by atoms with E-state index in [0.29, 0.717) is 49.2 Å². The van der Waals surface area contributed by atoms with Crippen molar-refractivity contribution in [2.75, 3.05) is 26.2 Å². The Morgan fingerprint density at radius 1 is 1.10 bits per heavy atom.